The van der Waals surface area contributed by atoms with Crippen LogP contribution < -0.4 is 15.8 Å². The Kier molecular flexibility index (Phi) is 4.95. The van der Waals surface area contributed by atoms with Gasteiger partial charge >= 0.3 is 6.09 Å². The van der Waals surface area contributed by atoms with Gasteiger partial charge in [-0.05, 0) is 25.0 Å². The molecule has 108 valence electrons. The van der Waals surface area contributed by atoms with E-state index in [1.165, 1.54) is 0 Å². The molecule has 1 aliphatic rings. The predicted molar refractivity (Wildman–Crippen MR) is 74.3 cm³/mol. The number of carbonyl (C=O) groups is 2. The van der Waals surface area contributed by atoms with E-state index in [2.05, 4.69) is 5.32 Å². The van der Waals surface area contributed by atoms with Crippen LogP contribution in [0, 0.1) is 0 Å². The molecule has 0 atom stereocenters. The standard InChI is InChI=1S/C14H19N3O3/c15-13(18)10-17-8-6-11(7-9-17)16-14(19)20-12-4-2-1-3-5-12/h1-5,11H,6-10H2,(H2,15,18)(H,16,19). The SMILES string of the molecule is NC(=O)CN1CCC(NC(=O)Oc2ccccc2)CC1. The van der Waals surface area contributed by atoms with Crippen LogP contribution in [0.2, 0.25) is 0 Å². The van der Waals surface area contributed by atoms with Gasteiger partial charge < -0.3 is 15.8 Å². The predicted octanol–water partition coefficient (Wildman–Crippen LogP) is 0.725. The summed E-state index contributed by atoms with van der Waals surface area (Å²) < 4.78 is 5.17. The molecule has 1 heterocycles. The van der Waals surface area contributed by atoms with E-state index in [1.807, 2.05) is 23.1 Å². The van der Waals surface area contributed by atoms with Gasteiger partial charge in [0.25, 0.3) is 0 Å². The summed E-state index contributed by atoms with van der Waals surface area (Å²) in [6.07, 6.45) is 1.14. The highest BCUT2D eigenvalue weighted by Gasteiger charge is 2.21. The smallest absolute Gasteiger partial charge is 0.410 e. The van der Waals surface area contributed by atoms with Crippen LogP contribution in [0.5, 0.6) is 5.75 Å². The van der Waals surface area contributed by atoms with Gasteiger partial charge in [0.15, 0.2) is 0 Å². The number of primary amides is 1. The second-order valence-electron chi connectivity index (χ2n) is 4.86. The van der Waals surface area contributed by atoms with Crippen LogP contribution in [-0.2, 0) is 4.79 Å². The number of rotatable bonds is 4. The Hall–Kier alpha value is -2.08. The highest BCUT2D eigenvalue weighted by molar-refractivity contribution is 5.76. The fourth-order valence-corrected chi connectivity index (χ4v) is 2.25. The number of nitrogens with two attached hydrogens (primary N) is 1. The molecule has 0 bridgehead atoms. The summed E-state index contributed by atoms with van der Waals surface area (Å²) in [7, 11) is 0. The van der Waals surface area contributed by atoms with Crippen molar-refractivity contribution in [1.82, 2.24) is 10.2 Å². The summed E-state index contributed by atoms with van der Waals surface area (Å²) in [6.45, 7) is 1.78. The lowest BCUT2D eigenvalue weighted by atomic mass is 10.1. The van der Waals surface area contributed by atoms with Crippen LogP contribution in [0.1, 0.15) is 12.8 Å². The molecule has 1 aliphatic heterocycles. The number of benzene rings is 1. The molecule has 0 aromatic heterocycles. The number of nitrogens with zero attached hydrogens (tertiary/aromatic N) is 1. The molecule has 20 heavy (non-hydrogen) atoms. The lowest BCUT2D eigenvalue weighted by Crippen LogP contribution is -2.47. The first-order valence-electron chi connectivity index (χ1n) is 6.67. The Bertz CT molecular complexity index is 456. The fraction of sp³-hybridized carbons (Fsp3) is 0.429. The van der Waals surface area contributed by atoms with E-state index >= 15 is 0 Å². The quantitative estimate of drug-likeness (QED) is 0.849. The third-order valence-electron chi connectivity index (χ3n) is 3.24. The Morgan fingerprint density at radius 2 is 1.90 bits per heavy atom. The third kappa shape index (κ3) is 4.55. The maximum absolute atomic E-state index is 11.7. The molecule has 1 fully saturated rings. The lowest BCUT2D eigenvalue weighted by Gasteiger charge is -2.31. The van der Waals surface area contributed by atoms with E-state index in [-0.39, 0.29) is 18.5 Å². The highest BCUT2D eigenvalue weighted by Crippen LogP contribution is 2.12. The number of amides is 2. The molecule has 0 saturated carbocycles. The molecule has 2 amide bonds. The maximum atomic E-state index is 11.7. The first kappa shape index (κ1) is 14.3. The van der Waals surface area contributed by atoms with Gasteiger partial charge in [-0.15, -0.1) is 0 Å². The number of piperidine rings is 1. The number of likely N-dealkylation sites (tertiary alicyclic amines) is 1. The number of ether oxygens (including phenoxy) is 1. The molecule has 6 nitrogen and oxygen atoms in total. The molecular formula is C14H19N3O3. The van der Waals surface area contributed by atoms with Crippen molar-refractivity contribution in [3.63, 3.8) is 0 Å². The molecule has 0 spiro atoms. The summed E-state index contributed by atoms with van der Waals surface area (Å²) in [5, 5.41) is 2.84. The highest BCUT2D eigenvalue weighted by atomic mass is 16.6. The molecular weight excluding hydrogens is 258 g/mol. The van der Waals surface area contributed by atoms with Crippen LogP contribution in [-0.4, -0.2) is 42.6 Å². The summed E-state index contributed by atoms with van der Waals surface area (Å²) in [5.41, 5.74) is 5.15. The Balaban J connectivity index is 1.72. The second kappa shape index (κ2) is 6.91. The lowest BCUT2D eigenvalue weighted by molar-refractivity contribution is -0.119. The molecule has 0 aliphatic carbocycles. The van der Waals surface area contributed by atoms with Crippen molar-refractivity contribution in [2.24, 2.45) is 5.73 Å². The van der Waals surface area contributed by atoms with Crippen molar-refractivity contribution in [3.8, 4) is 5.75 Å². The van der Waals surface area contributed by atoms with Gasteiger partial charge in [-0.25, -0.2) is 4.79 Å². The monoisotopic (exact) mass is 277 g/mol. The van der Waals surface area contributed by atoms with Gasteiger partial charge in [0.2, 0.25) is 5.91 Å². The molecule has 0 unspecified atom stereocenters. The number of hydrogen-bond donors (Lipinski definition) is 2. The van der Waals surface area contributed by atoms with Crippen LogP contribution in [0.25, 0.3) is 0 Å². The summed E-state index contributed by atoms with van der Waals surface area (Å²) >= 11 is 0. The zero-order valence-electron chi connectivity index (χ0n) is 11.2. The largest absolute Gasteiger partial charge is 0.412 e. The normalized spacial score (nSPS) is 16.6. The first-order chi connectivity index (χ1) is 9.63. The van der Waals surface area contributed by atoms with E-state index in [4.69, 9.17) is 10.5 Å². The molecule has 1 aromatic carbocycles. The molecule has 1 aromatic rings. The number of para-hydroxylation sites is 1. The van der Waals surface area contributed by atoms with Crippen molar-refractivity contribution in [1.29, 1.82) is 0 Å². The topological polar surface area (TPSA) is 84.7 Å². The average molecular weight is 277 g/mol. The molecule has 6 heteroatoms. The van der Waals surface area contributed by atoms with E-state index in [1.54, 1.807) is 12.1 Å². The van der Waals surface area contributed by atoms with Crippen LogP contribution in [0.4, 0.5) is 4.79 Å². The zero-order chi connectivity index (χ0) is 14.4. The second-order valence-corrected chi connectivity index (χ2v) is 4.86. The Morgan fingerprint density at radius 1 is 1.25 bits per heavy atom. The van der Waals surface area contributed by atoms with Gasteiger partial charge in [-0.3, -0.25) is 9.69 Å². The Morgan fingerprint density at radius 3 is 2.50 bits per heavy atom. The van der Waals surface area contributed by atoms with E-state index in [9.17, 15) is 9.59 Å². The summed E-state index contributed by atoms with van der Waals surface area (Å²) in [4.78, 5) is 24.5. The fourth-order valence-electron chi connectivity index (χ4n) is 2.25. The van der Waals surface area contributed by atoms with Crippen LogP contribution in [0.3, 0.4) is 0 Å². The van der Waals surface area contributed by atoms with E-state index < -0.39 is 6.09 Å². The van der Waals surface area contributed by atoms with Gasteiger partial charge in [-0.2, -0.15) is 0 Å². The summed E-state index contributed by atoms with van der Waals surface area (Å²) in [6, 6.07) is 9.02. The Labute approximate surface area is 117 Å². The minimum atomic E-state index is -0.440. The van der Waals surface area contributed by atoms with Gasteiger partial charge in [-0.1, -0.05) is 18.2 Å². The van der Waals surface area contributed by atoms with Gasteiger partial charge in [0.1, 0.15) is 5.75 Å². The van der Waals surface area contributed by atoms with E-state index in [0.29, 0.717) is 5.75 Å². The van der Waals surface area contributed by atoms with Gasteiger partial charge in [0.05, 0.1) is 6.54 Å². The van der Waals surface area contributed by atoms with Crippen molar-refractivity contribution < 1.29 is 14.3 Å². The van der Waals surface area contributed by atoms with E-state index in [0.717, 1.165) is 25.9 Å². The number of hydrogen-bond acceptors (Lipinski definition) is 4. The van der Waals surface area contributed by atoms with Crippen LogP contribution >= 0.6 is 0 Å². The van der Waals surface area contributed by atoms with Crippen molar-refractivity contribution in [2.45, 2.75) is 18.9 Å². The zero-order valence-corrected chi connectivity index (χ0v) is 11.2. The third-order valence-corrected chi connectivity index (χ3v) is 3.24. The minimum absolute atomic E-state index is 0.0790. The molecule has 0 radical (unpaired) electrons. The molecule has 3 N–H and O–H groups in total. The average Bonchev–Trinajstić information content (AvgIpc) is 2.41. The van der Waals surface area contributed by atoms with Crippen LogP contribution in [0.15, 0.2) is 30.3 Å². The number of nitrogens with one attached hydrogen (secondary N) is 1. The van der Waals surface area contributed by atoms with Crippen molar-refractivity contribution >= 4 is 12.0 Å². The van der Waals surface area contributed by atoms with Gasteiger partial charge in [0, 0.05) is 19.1 Å². The first-order valence-corrected chi connectivity index (χ1v) is 6.67. The maximum Gasteiger partial charge on any atom is 0.412 e. The van der Waals surface area contributed by atoms with Crippen molar-refractivity contribution in [2.75, 3.05) is 19.6 Å². The molecule has 2 rings (SSSR count). The molecule has 1 saturated heterocycles. The number of carbonyl (C=O) groups excluding carboxylic acids is 2. The van der Waals surface area contributed by atoms with Crippen molar-refractivity contribution in [3.05, 3.63) is 30.3 Å². The minimum Gasteiger partial charge on any atom is -0.410 e. The summed E-state index contributed by atoms with van der Waals surface area (Å²) in [5.74, 6) is 0.205.